The van der Waals surface area contributed by atoms with Crippen LogP contribution in [0.15, 0.2) is 4.47 Å². The lowest BCUT2D eigenvalue weighted by atomic mass is 10.2. The van der Waals surface area contributed by atoms with Crippen LogP contribution in [0.25, 0.3) is 0 Å². The van der Waals surface area contributed by atoms with E-state index >= 15 is 0 Å². The molecule has 2 heterocycles. The molecule has 1 fully saturated rings. The number of ether oxygens (including phenoxy) is 1. The van der Waals surface area contributed by atoms with E-state index in [2.05, 4.69) is 21.0 Å². The van der Waals surface area contributed by atoms with Gasteiger partial charge in [0.05, 0.1) is 22.4 Å². The minimum absolute atomic E-state index is 0.0374. The van der Waals surface area contributed by atoms with Crippen LogP contribution in [0.5, 0.6) is 0 Å². The fraction of sp³-hybridized carbons (Fsp3) is 0.583. The quantitative estimate of drug-likeness (QED) is 0.776. The molecule has 0 unspecified atom stereocenters. The number of carbonyl (C=O) groups excluding carboxylic acids is 2. The molecule has 1 aliphatic rings. The van der Waals surface area contributed by atoms with Gasteiger partial charge in [0.25, 0.3) is 11.8 Å². The molecule has 0 bridgehead atoms. The van der Waals surface area contributed by atoms with Crippen molar-refractivity contribution in [2.45, 2.75) is 33.4 Å². The van der Waals surface area contributed by atoms with Crippen LogP contribution in [0.4, 0.5) is 0 Å². The van der Waals surface area contributed by atoms with Crippen LogP contribution in [0.3, 0.4) is 0 Å². The number of halogens is 1. The lowest BCUT2D eigenvalue weighted by Gasteiger charge is -2.25. The van der Waals surface area contributed by atoms with Gasteiger partial charge in [-0.1, -0.05) is 6.92 Å². The molecule has 1 aromatic rings. The first-order valence-electron chi connectivity index (χ1n) is 6.23. The summed E-state index contributed by atoms with van der Waals surface area (Å²) in [6, 6.07) is 0. The lowest BCUT2D eigenvalue weighted by Crippen LogP contribution is -2.45. The van der Waals surface area contributed by atoms with E-state index < -0.39 is 0 Å². The molecular formula is C12H16BrN3O3. The van der Waals surface area contributed by atoms with Crippen molar-refractivity contribution in [3.63, 3.8) is 0 Å². The Balaban J connectivity index is 2.29. The molecule has 0 radical (unpaired) electrons. The summed E-state index contributed by atoms with van der Waals surface area (Å²) in [5, 5.41) is 4.45. The maximum atomic E-state index is 11.7. The van der Waals surface area contributed by atoms with Crippen LogP contribution in [0.1, 0.15) is 25.2 Å². The summed E-state index contributed by atoms with van der Waals surface area (Å²) in [7, 11) is 0. The Morgan fingerprint density at radius 3 is 2.42 bits per heavy atom. The number of nitrogens with zero attached hydrogens (tertiary/aromatic N) is 3. The maximum absolute atomic E-state index is 11.7. The topological polar surface area (TPSA) is 64.4 Å². The predicted molar refractivity (Wildman–Crippen MR) is 71.4 cm³/mol. The number of aromatic nitrogens is 2. The summed E-state index contributed by atoms with van der Waals surface area (Å²) in [5.41, 5.74) is 1.79. The minimum Gasteiger partial charge on any atom is -0.362 e. The summed E-state index contributed by atoms with van der Waals surface area (Å²) in [5.74, 6) is -0.602. The van der Waals surface area contributed by atoms with Gasteiger partial charge in [0, 0.05) is 6.54 Å². The van der Waals surface area contributed by atoms with E-state index in [4.69, 9.17) is 4.74 Å². The van der Waals surface area contributed by atoms with Crippen molar-refractivity contribution in [2.24, 2.45) is 0 Å². The Bertz CT molecular complexity index is 497. The molecule has 0 atom stereocenters. The normalized spacial score (nSPS) is 16.3. The highest BCUT2D eigenvalue weighted by molar-refractivity contribution is 9.10. The average molecular weight is 330 g/mol. The standard InChI is InChI=1S/C12H16BrN3O3/c1-3-8-12(13)9(16(4-2)14-8)5-15-10(17)6-19-7-11(15)18/h3-7H2,1-2H3. The average Bonchev–Trinajstić information content (AvgIpc) is 2.70. The van der Waals surface area contributed by atoms with Gasteiger partial charge in [0.15, 0.2) is 0 Å². The highest BCUT2D eigenvalue weighted by Gasteiger charge is 2.29. The van der Waals surface area contributed by atoms with E-state index in [1.165, 1.54) is 4.90 Å². The fourth-order valence-corrected chi connectivity index (χ4v) is 2.70. The summed E-state index contributed by atoms with van der Waals surface area (Å²) in [4.78, 5) is 24.7. The van der Waals surface area contributed by atoms with E-state index in [0.29, 0.717) is 6.54 Å². The van der Waals surface area contributed by atoms with Crippen molar-refractivity contribution in [2.75, 3.05) is 13.2 Å². The molecule has 0 aliphatic carbocycles. The molecule has 1 aliphatic heterocycles. The molecule has 19 heavy (non-hydrogen) atoms. The second kappa shape index (κ2) is 5.83. The number of hydrogen-bond acceptors (Lipinski definition) is 4. The largest absolute Gasteiger partial charge is 0.362 e. The molecule has 2 amide bonds. The number of amides is 2. The predicted octanol–water partition coefficient (Wildman–Crippen LogP) is 1.11. The van der Waals surface area contributed by atoms with Crippen molar-refractivity contribution >= 4 is 27.7 Å². The Morgan fingerprint density at radius 1 is 1.26 bits per heavy atom. The number of carbonyl (C=O) groups is 2. The van der Waals surface area contributed by atoms with Crippen molar-refractivity contribution in [3.8, 4) is 0 Å². The molecule has 2 rings (SSSR count). The van der Waals surface area contributed by atoms with Crippen molar-refractivity contribution in [1.29, 1.82) is 0 Å². The van der Waals surface area contributed by atoms with Gasteiger partial charge in [0.2, 0.25) is 0 Å². The van der Waals surface area contributed by atoms with Gasteiger partial charge < -0.3 is 4.74 Å². The molecule has 1 aromatic heterocycles. The first kappa shape index (κ1) is 14.2. The van der Waals surface area contributed by atoms with Gasteiger partial charge in [-0.2, -0.15) is 5.10 Å². The van der Waals surface area contributed by atoms with E-state index in [1.54, 1.807) is 0 Å². The highest BCUT2D eigenvalue weighted by atomic mass is 79.9. The molecule has 0 N–H and O–H groups in total. The van der Waals surface area contributed by atoms with E-state index in [9.17, 15) is 9.59 Å². The van der Waals surface area contributed by atoms with Gasteiger partial charge in [0.1, 0.15) is 13.2 Å². The minimum atomic E-state index is -0.301. The highest BCUT2D eigenvalue weighted by Crippen LogP contribution is 2.24. The summed E-state index contributed by atoms with van der Waals surface area (Å²) in [6.07, 6.45) is 0.797. The second-order valence-corrected chi connectivity index (χ2v) is 5.04. The number of rotatable bonds is 4. The lowest BCUT2D eigenvalue weighted by molar-refractivity contribution is -0.159. The zero-order valence-electron chi connectivity index (χ0n) is 11.0. The van der Waals surface area contributed by atoms with Crippen LogP contribution in [-0.4, -0.2) is 39.7 Å². The first-order chi connectivity index (χ1) is 9.08. The van der Waals surface area contributed by atoms with Crippen LogP contribution in [0, 0.1) is 0 Å². The third-order valence-electron chi connectivity index (χ3n) is 3.06. The maximum Gasteiger partial charge on any atom is 0.255 e. The Hall–Kier alpha value is -1.21. The number of morpholine rings is 1. The van der Waals surface area contributed by atoms with Crippen LogP contribution in [0.2, 0.25) is 0 Å². The van der Waals surface area contributed by atoms with E-state index in [1.807, 2.05) is 18.5 Å². The molecule has 104 valence electrons. The van der Waals surface area contributed by atoms with Gasteiger partial charge in [-0.05, 0) is 29.3 Å². The summed E-state index contributed by atoms with van der Waals surface area (Å²) >= 11 is 3.51. The zero-order chi connectivity index (χ0) is 14.0. The first-order valence-corrected chi connectivity index (χ1v) is 7.02. The number of aryl methyl sites for hydroxylation is 2. The summed E-state index contributed by atoms with van der Waals surface area (Å²) in [6.45, 7) is 4.85. The third-order valence-corrected chi connectivity index (χ3v) is 3.97. The van der Waals surface area contributed by atoms with Crippen molar-refractivity contribution in [1.82, 2.24) is 14.7 Å². The van der Waals surface area contributed by atoms with Crippen LogP contribution < -0.4 is 0 Å². The van der Waals surface area contributed by atoms with Crippen LogP contribution >= 0.6 is 15.9 Å². The Morgan fingerprint density at radius 2 is 1.89 bits per heavy atom. The zero-order valence-corrected chi connectivity index (χ0v) is 12.6. The van der Waals surface area contributed by atoms with Gasteiger partial charge in [-0.25, -0.2) is 0 Å². The smallest absolute Gasteiger partial charge is 0.255 e. The second-order valence-electron chi connectivity index (χ2n) is 4.24. The molecule has 6 nitrogen and oxygen atoms in total. The van der Waals surface area contributed by atoms with E-state index in [-0.39, 0.29) is 31.6 Å². The third kappa shape index (κ3) is 2.71. The van der Waals surface area contributed by atoms with Crippen molar-refractivity contribution in [3.05, 3.63) is 15.9 Å². The van der Waals surface area contributed by atoms with E-state index in [0.717, 1.165) is 22.3 Å². The molecule has 0 aromatic carbocycles. The van der Waals surface area contributed by atoms with Gasteiger partial charge in [-0.15, -0.1) is 0 Å². The van der Waals surface area contributed by atoms with Crippen molar-refractivity contribution < 1.29 is 14.3 Å². The van der Waals surface area contributed by atoms with Gasteiger partial charge in [-0.3, -0.25) is 19.2 Å². The molecule has 0 saturated carbocycles. The van der Waals surface area contributed by atoms with Gasteiger partial charge >= 0.3 is 0 Å². The molecular weight excluding hydrogens is 314 g/mol. The molecule has 1 saturated heterocycles. The Labute approximate surface area is 119 Å². The molecule has 7 heteroatoms. The monoisotopic (exact) mass is 329 g/mol. The van der Waals surface area contributed by atoms with Crippen LogP contribution in [-0.2, 0) is 33.8 Å². The summed E-state index contributed by atoms with van der Waals surface area (Å²) < 4.78 is 7.60. The fourth-order valence-electron chi connectivity index (χ4n) is 2.02. The number of imide groups is 1. The SMILES string of the molecule is CCc1nn(CC)c(CN2C(=O)COCC2=O)c1Br. The molecule has 0 spiro atoms. The Kier molecular flexibility index (Phi) is 4.36. The number of hydrogen-bond donors (Lipinski definition) is 0.